The average molecular weight is 283 g/mol. The Morgan fingerprint density at radius 2 is 1.89 bits per heavy atom. The summed E-state index contributed by atoms with van der Waals surface area (Å²) in [6.07, 6.45) is 1.54. The maximum Gasteiger partial charge on any atom is 0.245 e. The van der Waals surface area contributed by atoms with Gasteiger partial charge in [0.15, 0.2) is 0 Å². The Hall–Kier alpha value is -1.31. The van der Waals surface area contributed by atoms with Gasteiger partial charge >= 0.3 is 0 Å². The molecule has 0 atom stereocenters. The van der Waals surface area contributed by atoms with Crippen molar-refractivity contribution in [2.24, 2.45) is 5.18 Å². The number of hydrogen-bond acceptors (Lipinski definition) is 5. The van der Waals surface area contributed by atoms with Gasteiger partial charge in [0.05, 0.1) is 0 Å². The molecular formula is C12H17N3O3S. The number of nitrogens with one attached hydrogen (secondary N) is 1. The summed E-state index contributed by atoms with van der Waals surface area (Å²) in [6, 6.07) is 5.99. The lowest BCUT2D eigenvalue weighted by molar-refractivity contribution is 0.296. The molecule has 1 saturated heterocycles. The van der Waals surface area contributed by atoms with Crippen molar-refractivity contribution >= 4 is 15.7 Å². The van der Waals surface area contributed by atoms with Crippen LogP contribution in [0.15, 0.2) is 34.3 Å². The van der Waals surface area contributed by atoms with Gasteiger partial charge < -0.3 is 5.32 Å². The zero-order chi connectivity index (χ0) is 13.9. The Kier molecular flexibility index (Phi) is 4.28. The van der Waals surface area contributed by atoms with E-state index in [0.29, 0.717) is 0 Å². The number of nitroso groups, excluding NO2 is 1. The summed E-state index contributed by atoms with van der Waals surface area (Å²) < 4.78 is 26.4. The molecule has 19 heavy (non-hydrogen) atoms. The number of hydrogen-bond donors (Lipinski definition) is 1. The summed E-state index contributed by atoms with van der Waals surface area (Å²) in [5.41, 5.74) is -0.0386. The highest BCUT2D eigenvalue weighted by atomic mass is 32.2. The molecule has 0 spiro atoms. The van der Waals surface area contributed by atoms with E-state index in [-0.39, 0.29) is 16.6 Å². The van der Waals surface area contributed by atoms with Gasteiger partial charge in [0.2, 0.25) is 10.0 Å². The molecular weight excluding hydrogens is 266 g/mol. The fraction of sp³-hybridized carbons (Fsp3) is 0.500. The fourth-order valence-electron chi connectivity index (χ4n) is 2.27. The van der Waals surface area contributed by atoms with Crippen LogP contribution in [-0.4, -0.2) is 38.9 Å². The first-order valence-corrected chi connectivity index (χ1v) is 7.62. The van der Waals surface area contributed by atoms with Gasteiger partial charge in [-0.2, -0.15) is 4.31 Å². The Morgan fingerprint density at radius 3 is 2.53 bits per heavy atom. The molecule has 1 aromatic rings. The van der Waals surface area contributed by atoms with Gasteiger partial charge in [-0.3, -0.25) is 0 Å². The summed E-state index contributed by atoms with van der Waals surface area (Å²) in [4.78, 5) is 10.7. The minimum Gasteiger partial charge on any atom is -0.317 e. The third kappa shape index (κ3) is 2.83. The zero-order valence-electron chi connectivity index (χ0n) is 10.7. The molecule has 2 rings (SSSR count). The van der Waals surface area contributed by atoms with Crippen molar-refractivity contribution in [1.29, 1.82) is 0 Å². The van der Waals surface area contributed by atoms with Crippen LogP contribution in [-0.2, 0) is 10.0 Å². The number of benzene rings is 1. The summed E-state index contributed by atoms with van der Waals surface area (Å²) in [5, 5.41) is 5.99. The minimum absolute atomic E-state index is 0.0222. The highest BCUT2D eigenvalue weighted by molar-refractivity contribution is 7.89. The Balaban J connectivity index is 2.33. The molecule has 104 valence electrons. The quantitative estimate of drug-likeness (QED) is 0.848. The Bertz CT molecular complexity index is 553. The number of nitrogens with zero attached hydrogens (tertiary/aromatic N) is 2. The van der Waals surface area contributed by atoms with E-state index in [1.807, 2.05) is 0 Å². The summed E-state index contributed by atoms with van der Waals surface area (Å²) in [5.74, 6) is 0. The third-order valence-corrected chi connectivity index (χ3v) is 5.40. The van der Waals surface area contributed by atoms with Crippen LogP contribution >= 0.6 is 0 Å². The molecule has 0 bridgehead atoms. The molecule has 1 N–H and O–H groups in total. The van der Waals surface area contributed by atoms with Gasteiger partial charge in [0, 0.05) is 13.1 Å². The largest absolute Gasteiger partial charge is 0.317 e. The average Bonchev–Trinajstić information content (AvgIpc) is 2.47. The van der Waals surface area contributed by atoms with Gasteiger partial charge in [0.25, 0.3) is 0 Å². The molecule has 0 radical (unpaired) electrons. The molecule has 1 aliphatic heterocycles. The van der Waals surface area contributed by atoms with Crippen molar-refractivity contribution in [3.63, 3.8) is 0 Å². The van der Waals surface area contributed by atoms with Crippen LogP contribution in [0.5, 0.6) is 0 Å². The first-order chi connectivity index (χ1) is 9.07. The van der Waals surface area contributed by atoms with E-state index in [2.05, 4.69) is 10.5 Å². The van der Waals surface area contributed by atoms with Crippen LogP contribution in [0.1, 0.15) is 12.8 Å². The van der Waals surface area contributed by atoms with Crippen LogP contribution in [0.3, 0.4) is 0 Å². The van der Waals surface area contributed by atoms with E-state index in [9.17, 15) is 13.3 Å². The second kappa shape index (κ2) is 5.77. The topological polar surface area (TPSA) is 78.8 Å². The van der Waals surface area contributed by atoms with E-state index < -0.39 is 10.0 Å². The predicted octanol–water partition coefficient (Wildman–Crippen LogP) is 1.46. The van der Waals surface area contributed by atoms with E-state index in [1.54, 1.807) is 19.2 Å². The zero-order valence-corrected chi connectivity index (χ0v) is 11.6. The van der Waals surface area contributed by atoms with Gasteiger partial charge in [-0.1, -0.05) is 12.1 Å². The van der Waals surface area contributed by atoms with Crippen molar-refractivity contribution in [3.05, 3.63) is 29.2 Å². The van der Waals surface area contributed by atoms with Crippen molar-refractivity contribution < 1.29 is 8.42 Å². The molecule has 6 nitrogen and oxygen atoms in total. The van der Waals surface area contributed by atoms with Crippen LogP contribution in [0.4, 0.5) is 5.69 Å². The molecule has 7 heteroatoms. The minimum atomic E-state index is -3.67. The molecule has 1 fully saturated rings. The van der Waals surface area contributed by atoms with Crippen LogP contribution < -0.4 is 5.32 Å². The van der Waals surface area contributed by atoms with Crippen molar-refractivity contribution in [3.8, 4) is 0 Å². The number of piperidine rings is 1. The van der Waals surface area contributed by atoms with E-state index in [4.69, 9.17) is 0 Å². The standard InChI is InChI=1S/C12H17N3O3S/c1-15(10-6-8-13-9-7-10)19(17,18)12-5-3-2-4-11(12)14-16/h2-5,10,13H,6-9H2,1H3. The van der Waals surface area contributed by atoms with E-state index in [0.717, 1.165) is 25.9 Å². The van der Waals surface area contributed by atoms with E-state index >= 15 is 0 Å². The first-order valence-electron chi connectivity index (χ1n) is 6.18. The molecule has 0 amide bonds. The Labute approximate surface area is 112 Å². The maximum atomic E-state index is 12.5. The van der Waals surface area contributed by atoms with Gasteiger partial charge in [-0.05, 0) is 43.2 Å². The summed E-state index contributed by atoms with van der Waals surface area (Å²) in [6.45, 7) is 1.61. The summed E-state index contributed by atoms with van der Waals surface area (Å²) in [7, 11) is -2.11. The Morgan fingerprint density at radius 1 is 1.26 bits per heavy atom. The van der Waals surface area contributed by atoms with Gasteiger partial charge in [-0.25, -0.2) is 8.42 Å². The second-order valence-corrected chi connectivity index (χ2v) is 6.53. The lowest BCUT2D eigenvalue weighted by Crippen LogP contribution is -2.43. The number of rotatable bonds is 4. The SMILES string of the molecule is CN(C1CCNCC1)S(=O)(=O)c1ccccc1N=O. The molecule has 0 unspecified atom stereocenters. The summed E-state index contributed by atoms with van der Waals surface area (Å²) >= 11 is 0. The van der Waals surface area contributed by atoms with Crippen molar-refractivity contribution in [2.45, 2.75) is 23.8 Å². The smallest absolute Gasteiger partial charge is 0.245 e. The second-order valence-electron chi connectivity index (χ2n) is 4.56. The van der Waals surface area contributed by atoms with E-state index in [1.165, 1.54) is 16.4 Å². The fourth-order valence-corrected chi connectivity index (χ4v) is 3.81. The first kappa shape index (κ1) is 14.1. The van der Waals surface area contributed by atoms with Crippen LogP contribution in [0, 0.1) is 4.91 Å². The molecule has 0 aliphatic carbocycles. The lowest BCUT2D eigenvalue weighted by atomic mass is 10.1. The highest BCUT2D eigenvalue weighted by Gasteiger charge is 2.30. The number of sulfonamides is 1. The van der Waals surface area contributed by atoms with Crippen LogP contribution in [0.25, 0.3) is 0 Å². The monoisotopic (exact) mass is 283 g/mol. The molecule has 0 saturated carbocycles. The molecule has 0 aromatic heterocycles. The normalized spacial score (nSPS) is 17.6. The van der Waals surface area contributed by atoms with Gasteiger partial charge in [-0.15, -0.1) is 4.91 Å². The predicted molar refractivity (Wildman–Crippen MR) is 72.7 cm³/mol. The highest BCUT2D eigenvalue weighted by Crippen LogP contribution is 2.28. The lowest BCUT2D eigenvalue weighted by Gasteiger charge is -2.30. The third-order valence-electron chi connectivity index (χ3n) is 3.44. The molecule has 1 aromatic carbocycles. The van der Waals surface area contributed by atoms with Crippen LogP contribution in [0.2, 0.25) is 0 Å². The van der Waals surface area contributed by atoms with Crippen molar-refractivity contribution in [1.82, 2.24) is 9.62 Å². The van der Waals surface area contributed by atoms with Gasteiger partial charge in [0.1, 0.15) is 10.6 Å². The van der Waals surface area contributed by atoms with Crippen molar-refractivity contribution in [2.75, 3.05) is 20.1 Å². The maximum absolute atomic E-state index is 12.5. The molecule has 1 heterocycles. The molecule has 1 aliphatic rings.